The lowest BCUT2D eigenvalue weighted by molar-refractivity contribution is 0.587. The molecule has 1 aromatic heterocycles. The number of pyridine rings is 1. The molecule has 238 valence electrons. The monoisotopic (exact) mass is 655 g/mol. The molecule has 0 unspecified atom stereocenters. The van der Waals surface area contributed by atoms with Gasteiger partial charge < -0.3 is 0 Å². The molecule has 51 heavy (non-hydrogen) atoms. The summed E-state index contributed by atoms with van der Waals surface area (Å²) in [4.78, 5) is 4.83. The van der Waals surface area contributed by atoms with Crippen LogP contribution in [-0.2, 0) is 0 Å². The molecule has 2 aliphatic carbocycles. The molecule has 8 aromatic carbocycles. The quantitative estimate of drug-likeness (QED) is 0.185. The summed E-state index contributed by atoms with van der Waals surface area (Å²) in [6.07, 6.45) is 1.74. The van der Waals surface area contributed by atoms with Gasteiger partial charge >= 0.3 is 0 Å². The summed E-state index contributed by atoms with van der Waals surface area (Å²) in [6, 6.07) is 47.8. The van der Waals surface area contributed by atoms with E-state index < -0.39 is 11.6 Å². The first kappa shape index (κ1) is 28.4. The van der Waals surface area contributed by atoms with Crippen LogP contribution in [0.2, 0.25) is 0 Å². The lowest BCUT2D eigenvalue weighted by atomic mass is 9.82. The van der Waals surface area contributed by atoms with E-state index in [1.165, 1.54) is 66.7 Å². The molecule has 1 nitrogen and oxygen atoms in total. The molecule has 0 atom stereocenters. The highest BCUT2D eigenvalue weighted by molar-refractivity contribution is 6.29. The van der Waals surface area contributed by atoms with Crippen LogP contribution < -0.4 is 0 Å². The van der Waals surface area contributed by atoms with Crippen LogP contribution >= 0.6 is 0 Å². The van der Waals surface area contributed by atoms with Crippen molar-refractivity contribution in [2.24, 2.45) is 0 Å². The fraction of sp³-hybridized carbons (Fsp3) is 0.0208. The van der Waals surface area contributed by atoms with E-state index in [2.05, 4.69) is 128 Å². The van der Waals surface area contributed by atoms with E-state index in [4.69, 9.17) is 4.98 Å². The predicted molar refractivity (Wildman–Crippen MR) is 207 cm³/mol. The second-order valence-corrected chi connectivity index (χ2v) is 13.7. The molecule has 0 N–H and O–H groups in total. The highest BCUT2D eigenvalue weighted by Crippen LogP contribution is 2.59. The van der Waals surface area contributed by atoms with Crippen molar-refractivity contribution in [2.45, 2.75) is 6.92 Å². The number of hydrogen-bond acceptors (Lipinski definition) is 1. The standard InChI is InChI=1S/C48H27F2N/c1-26-37(25-39-38-23-29(49)24-40(50)44(38)36-21-22-51-48(26)45(36)39)30-19-20-35-43-31(30)17-10-18-34(43)46-41(27-11-4-2-5-12-27)32-15-8-9-16-33(32)42(47(35)46)28-13-6-3-7-14-28/h2-25H,1H3. The lowest BCUT2D eigenvalue weighted by Gasteiger charge is -2.20. The lowest BCUT2D eigenvalue weighted by Crippen LogP contribution is -1.93. The molecule has 0 saturated carbocycles. The van der Waals surface area contributed by atoms with Crippen LogP contribution in [0.1, 0.15) is 5.56 Å². The Kier molecular flexibility index (Phi) is 5.73. The summed E-state index contributed by atoms with van der Waals surface area (Å²) >= 11 is 0. The Morgan fingerprint density at radius 3 is 1.69 bits per heavy atom. The maximum Gasteiger partial charge on any atom is 0.134 e. The van der Waals surface area contributed by atoms with Gasteiger partial charge in [0.15, 0.2) is 0 Å². The molecule has 0 spiro atoms. The van der Waals surface area contributed by atoms with Gasteiger partial charge in [0.1, 0.15) is 11.6 Å². The zero-order valence-electron chi connectivity index (χ0n) is 27.6. The highest BCUT2D eigenvalue weighted by Gasteiger charge is 2.32. The molecular formula is C48H27F2N. The molecule has 0 amide bonds. The molecule has 0 saturated heterocycles. The molecular weight excluding hydrogens is 629 g/mol. The first-order valence-electron chi connectivity index (χ1n) is 17.3. The van der Waals surface area contributed by atoms with Gasteiger partial charge in [0, 0.05) is 23.2 Å². The first-order chi connectivity index (χ1) is 25.1. The molecule has 0 aliphatic heterocycles. The third-order valence-corrected chi connectivity index (χ3v) is 11.1. The Morgan fingerprint density at radius 1 is 0.412 bits per heavy atom. The van der Waals surface area contributed by atoms with Crippen LogP contribution in [0.4, 0.5) is 8.78 Å². The molecule has 1 heterocycles. The maximum atomic E-state index is 15.4. The number of hydrogen-bond donors (Lipinski definition) is 0. The van der Waals surface area contributed by atoms with Crippen LogP contribution in [0.3, 0.4) is 0 Å². The summed E-state index contributed by atoms with van der Waals surface area (Å²) < 4.78 is 30.1. The van der Waals surface area contributed by atoms with E-state index in [1.54, 1.807) is 6.20 Å². The zero-order valence-corrected chi connectivity index (χ0v) is 27.6. The van der Waals surface area contributed by atoms with E-state index >= 15 is 4.39 Å². The number of fused-ring (bicyclic) bond motifs is 7. The van der Waals surface area contributed by atoms with Crippen molar-refractivity contribution >= 4 is 32.4 Å². The van der Waals surface area contributed by atoms with E-state index in [-0.39, 0.29) is 0 Å². The van der Waals surface area contributed by atoms with Crippen LogP contribution in [-0.4, -0.2) is 4.98 Å². The molecule has 0 fully saturated rings. The molecule has 11 rings (SSSR count). The van der Waals surface area contributed by atoms with E-state index in [9.17, 15) is 4.39 Å². The van der Waals surface area contributed by atoms with Crippen LogP contribution in [0.15, 0.2) is 146 Å². The van der Waals surface area contributed by atoms with Gasteiger partial charge in [-0.1, -0.05) is 115 Å². The minimum atomic E-state index is -0.582. The Hall–Kier alpha value is -6.45. The van der Waals surface area contributed by atoms with Crippen molar-refractivity contribution in [3.8, 4) is 77.9 Å². The van der Waals surface area contributed by atoms with E-state index in [0.29, 0.717) is 11.1 Å². The smallest absolute Gasteiger partial charge is 0.134 e. The van der Waals surface area contributed by atoms with Crippen molar-refractivity contribution in [3.05, 3.63) is 163 Å². The van der Waals surface area contributed by atoms with E-state index in [1.807, 2.05) is 6.07 Å². The summed E-state index contributed by atoms with van der Waals surface area (Å²) in [6.45, 7) is 2.09. The zero-order chi connectivity index (χ0) is 34.0. The van der Waals surface area contributed by atoms with Gasteiger partial charge in [-0.15, -0.1) is 0 Å². The van der Waals surface area contributed by atoms with Crippen molar-refractivity contribution in [3.63, 3.8) is 0 Å². The number of aryl methyl sites for hydroxylation is 1. The number of nitrogens with zero attached hydrogens (tertiary/aromatic N) is 1. The summed E-state index contributed by atoms with van der Waals surface area (Å²) in [7, 11) is 0. The number of halogens is 2. The van der Waals surface area contributed by atoms with Gasteiger partial charge in [-0.3, -0.25) is 4.98 Å². The van der Waals surface area contributed by atoms with E-state index in [0.717, 1.165) is 50.2 Å². The molecule has 0 radical (unpaired) electrons. The number of rotatable bonds is 3. The Labute approximate surface area is 293 Å². The van der Waals surface area contributed by atoms with Gasteiger partial charge in [-0.2, -0.15) is 0 Å². The Balaban J connectivity index is 1.26. The molecule has 0 bridgehead atoms. The normalized spacial score (nSPS) is 12.2. The minimum absolute atomic E-state index is 0.445. The fourth-order valence-electron chi connectivity index (χ4n) is 9.08. The van der Waals surface area contributed by atoms with Crippen LogP contribution in [0, 0.1) is 18.6 Å². The number of aromatic nitrogens is 1. The second kappa shape index (κ2) is 10.3. The van der Waals surface area contributed by atoms with Crippen molar-refractivity contribution in [2.75, 3.05) is 0 Å². The maximum absolute atomic E-state index is 15.4. The van der Waals surface area contributed by atoms with Crippen LogP contribution in [0.25, 0.3) is 110 Å². The average molecular weight is 656 g/mol. The van der Waals surface area contributed by atoms with Gasteiger partial charge in [-0.05, 0) is 125 Å². The molecule has 2 aliphatic rings. The molecule has 3 heteroatoms. The average Bonchev–Trinajstić information content (AvgIpc) is 3.67. The van der Waals surface area contributed by atoms with Gasteiger partial charge in [0.05, 0.1) is 5.52 Å². The van der Waals surface area contributed by atoms with Crippen molar-refractivity contribution in [1.29, 1.82) is 0 Å². The van der Waals surface area contributed by atoms with Crippen molar-refractivity contribution < 1.29 is 8.78 Å². The summed E-state index contributed by atoms with van der Waals surface area (Å²) in [5.74, 6) is -1.13. The third kappa shape index (κ3) is 3.75. The van der Waals surface area contributed by atoms with Gasteiger partial charge in [0.2, 0.25) is 0 Å². The van der Waals surface area contributed by atoms with Gasteiger partial charge in [-0.25, -0.2) is 8.78 Å². The van der Waals surface area contributed by atoms with Gasteiger partial charge in [0.25, 0.3) is 0 Å². The SMILES string of the molecule is Cc1c(-c2ccc3c4c(cccc24)-c2c-3c(-c3ccccc3)c3ccccc3c2-c2ccccc2)cc2c3c(ccnc13)-c1c(F)cc(F)cc1-2. The molecule has 9 aromatic rings. The predicted octanol–water partition coefficient (Wildman–Crippen LogP) is 13.4. The second-order valence-electron chi connectivity index (χ2n) is 13.7. The minimum Gasteiger partial charge on any atom is -0.256 e. The Bertz CT molecular complexity index is 2890. The number of benzene rings is 8. The highest BCUT2D eigenvalue weighted by atomic mass is 19.1. The third-order valence-electron chi connectivity index (χ3n) is 11.1. The van der Waals surface area contributed by atoms with Crippen LogP contribution in [0.5, 0.6) is 0 Å². The summed E-state index contributed by atoms with van der Waals surface area (Å²) in [5, 5.41) is 5.67. The summed E-state index contributed by atoms with van der Waals surface area (Å²) in [5.41, 5.74) is 16.3. The topological polar surface area (TPSA) is 12.9 Å². The van der Waals surface area contributed by atoms with Crippen molar-refractivity contribution in [1.82, 2.24) is 4.98 Å². The Morgan fingerprint density at radius 2 is 1.00 bits per heavy atom. The first-order valence-corrected chi connectivity index (χ1v) is 17.3. The largest absolute Gasteiger partial charge is 0.256 e. The fourth-order valence-corrected chi connectivity index (χ4v) is 9.08.